The summed E-state index contributed by atoms with van der Waals surface area (Å²) in [4.78, 5) is 0. The minimum absolute atomic E-state index is 0.207. The fourth-order valence-electron chi connectivity index (χ4n) is 1.19. The summed E-state index contributed by atoms with van der Waals surface area (Å²) in [6, 6.07) is 0. The third-order valence-electron chi connectivity index (χ3n) is 1.90. The normalized spacial score (nSPS) is 33.9. The highest BCUT2D eigenvalue weighted by Gasteiger charge is 2.32. The standard InChI is InChI=1S/C8H16O5/c1-11-2-3-12-5-6-4-7(9)8(10)13-6/h6-10H,2-5H2,1H3/t6-,7?,8?/m0/s1. The first-order valence-electron chi connectivity index (χ1n) is 4.32. The average molecular weight is 192 g/mol. The second-order valence-corrected chi connectivity index (χ2v) is 3.02. The second kappa shape index (κ2) is 5.51. The van der Waals surface area contributed by atoms with Gasteiger partial charge in [0.05, 0.1) is 25.9 Å². The molecule has 3 atom stereocenters. The third kappa shape index (κ3) is 3.58. The van der Waals surface area contributed by atoms with Crippen LogP contribution in [0.15, 0.2) is 0 Å². The zero-order valence-corrected chi connectivity index (χ0v) is 7.68. The molecule has 0 amide bonds. The first kappa shape index (κ1) is 10.9. The van der Waals surface area contributed by atoms with E-state index in [4.69, 9.17) is 24.4 Å². The van der Waals surface area contributed by atoms with E-state index in [1.165, 1.54) is 0 Å². The van der Waals surface area contributed by atoms with E-state index in [0.29, 0.717) is 26.2 Å². The van der Waals surface area contributed by atoms with Gasteiger partial charge in [0.2, 0.25) is 0 Å². The van der Waals surface area contributed by atoms with Crippen molar-refractivity contribution in [1.29, 1.82) is 0 Å². The van der Waals surface area contributed by atoms with Crippen molar-refractivity contribution in [3.05, 3.63) is 0 Å². The molecule has 78 valence electrons. The van der Waals surface area contributed by atoms with Crippen molar-refractivity contribution in [3.63, 3.8) is 0 Å². The predicted molar refractivity (Wildman–Crippen MR) is 44.2 cm³/mol. The van der Waals surface area contributed by atoms with Crippen LogP contribution in [0.4, 0.5) is 0 Å². The van der Waals surface area contributed by atoms with Gasteiger partial charge in [0.15, 0.2) is 6.29 Å². The minimum Gasteiger partial charge on any atom is -0.388 e. The lowest BCUT2D eigenvalue weighted by atomic mass is 10.2. The van der Waals surface area contributed by atoms with E-state index >= 15 is 0 Å². The Hall–Kier alpha value is -0.200. The Morgan fingerprint density at radius 3 is 2.69 bits per heavy atom. The van der Waals surface area contributed by atoms with Gasteiger partial charge in [-0.3, -0.25) is 0 Å². The highest BCUT2D eigenvalue weighted by molar-refractivity contribution is 4.75. The van der Waals surface area contributed by atoms with Gasteiger partial charge in [-0.25, -0.2) is 0 Å². The number of aliphatic hydroxyl groups excluding tert-OH is 2. The lowest BCUT2D eigenvalue weighted by molar-refractivity contribution is -0.137. The number of methoxy groups -OCH3 is 1. The molecule has 2 unspecified atom stereocenters. The van der Waals surface area contributed by atoms with Gasteiger partial charge >= 0.3 is 0 Å². The highest BCUT2D eigenvalue weighted by atomic mass is 16.6. The fourth-order valence-corrected chi connectivity index (χ4v) is 1.19. The van der Waals surface area contributed by atoms with E-state index in [2.05, 4.69) is 0 Å². The van der Waals surface area contributed by atoms with Gasteiger partial charge in [-0.2, -0.15) is 0 Å². The summed E-state index contributed by atoms with van der Waals surface area (Å²) in [7, 11) is 1.60. The van der Waals surface area contributed by atoms with Gasteiger partial charge in [0.25, 0.3) is 0 Å². The van der Waals surface area contributed by atoms with Crippen LogP contribution in [0.2, 0.25) is 0 Å². The summed E-state index contributed by atoms with van der Waals surface area (Å²) in [5, 5.41) is 18.1. The molecule has 0 aliphatic carbocycles. The lowest BCUT2D eigenvalue weighted by Gasteiger charge is -2.09. The second-order valence-electron chi connectivity index (χ2n) is 3.02. The molecule has 2 N–H and O–H groups in total. The SMILES string of the molecule is COCCOC[C@@H]1CC(O)C(O)O1. The van der Waals surface area contributed by atoms with Crippen LogP contribution in [0.3, 0.4) is 0 Å². The van der Waals surface area contributed by atoms with E-state index < -0.39 is 12.4 Å². The molecule has 0 bridgehead atoms. The largest absolute Gasteiger partial charge is 0.388 e. The number of ether oxygens (including phenoxy) is 3. The fraction of sp³-hybridized carbons (Fsp3) is 1.00. The molecule has 5 nitrogen and oxygen atoms in total. The van der Waals surface area contributed by atoms with E-state index in [-0.39, 0.29) is 6.10 Å². The predicted octanol–water partition coefficient (Wildman–Crippen LogP) is -0.882. The summed E-state index contributed by atoms with van der Waals surface area (Å²) < 4.78 is 15.0. The van der Waals surface area contributed by atoms with Crippen LogP contribution < -0.4 is 0 Å². The van der Waals surface area contributed by atoms with Crippen molar-refractivity contribution in [2.45, 2.75) is 24.9 Å². The molecule has 0 spiro atoms. The molecule has 0 aromatic carbocycles. The van der Waals surface area contributed by atoms with Crippen molar-refractivity contribution in [2.75, 3.05) is 26.9 Å². The van der Waals surface area contributed by atoms with E-state index in [9.17, 15) is 0 Å². The van der Waals surface area contributed by atoms with Gasteiger partial charge in [0.1, 0.15) is 6.10 Å². The van der Waals surface area contributed by atoms with Crippen LogP contribution in [0.25, 0.3) is 0 Å². The smallest absolute Gasteiger partial charge is 0.181 e. The summed E-state index contributed by atoms with van der Waals surface area (Å²) in [6.45, 7) is 1.43. The molecule has 0 saturated carbocycles. The topological polar surface area (TPSA) is 68.2 Å². The molecule has 1 aliphatic rings. The number of aliphatic hydroxyl groups is 2. The number of hydrogen-bond acceptors (Lipinski definition) is 5. The molecule has 1 fully saturated rings. The first-order chi connectivity index (χ1) is 6.24. The van der Waals surface area contributed by atoms with Gasteiger partial charge in [-0.1, -0.05) is 0 Å². The summed E-state index contributed by atoms with van der Waals surface area (Å²) in [5.41, 5.74) is 0. The average Bonchev–Trinajstić information content (AvgIpc) is 2.41. The summed E-state index contributed by atoms with van der Waals surface area (Å²) in [6.07, 6.45) is -1.62. The lowest BCUT2D eigenvalue weighted by Crippen LogP contribution is -2.19. The van der Waals surface area contributed by atoms with Crippen molar-refractivity contribution >= 4 is 0 Å². The molecule has 1 saturated heterocycles. The van der Waals surface area contributed by atoms with Crippen LogP contribution in [-0.4, -0.2) is 55.6 Å². The van der Waals surface area contributed by atoms with Gasteiger partial charge in [-0.05, 0) is 0 Å². The summed E-state index contributed by atoms with van der Waals surface area (Å²) >= 11 is 0. The van der Waals surface area contributed by atoms with Crippen molar-refractivity contribution in [3.8, 4) is 0 Å². The van der Waals surface area contributed by atoms with Gasteiger partial charge in [0, 0.05) is 13.5 Å². The Labute approximate surface area is 77.2 Å². The molecular formula is C8H16O5. The van der Waals surface area contributed by atoms with Crippen LogP contribution in [0, 0.1) is 0 Å². The van der Waals surface area contributed by atoms with Crippen molar-refractivity contribution in [2.24, 2.45) is 0 Å². The van der Waals surface area contributed by atoms with E-state index in [0.717, 1.165) is 0 Å². The third-order valence-corrected chi connectivity index (χ3v) is 1.90. The molecule has 1 rings (SSSR count). The maximum absolute atomic E-state index is 9.12. The maximum atomic E-state index is 9.12. The van der Waals surface area contributed by atoms with Gasteiger partial charge < -0.3 is 24.4 Å². The van der Waals surface area contributed by atoms with Crippen molar-refractivity contribution in [1.82, 2.24) is 0 Å². The van der Waals surface area contributed by atoms with Crippen LogP contribution in [-0.2, 0) is 14.2 Å². The Bertz CT molecular complexity index is 130. The van der Waals surface area contributed by atoms with Crippen LogP contribution in [0.5, 0.6) is 0 Å². The molecule has 5 heteroatoms. The number of hydrogen-bond donors (Lipinski definition) is 2. The monoisotopic (exact) mass is 192 g/mol. The molecule has 0 radical (unpaired) electrons. The Kier molecular flexibility index (Phi) is 4.61. The molecule has 0 aromatic heterocycles. The first-order valence-corrected chi connectivity index (χ1v) is 4.32. The Morgan fingerprint density at radius 1 is 1.38 bits per heavy atom. The zero-order chi connectivity index (χ0) is 9.68. The van der Waals surface area contributed by atoms with Crippen molar-refractivity contribution < 1.29 is 24.4 Å². The minimum atomic E-state index is -1.06. The van der Waals surface area contributed by atoms with Gasteiger partial charge in [-0.15, -0.1) is 0 Å². The van der Waals surface area contributed by atoms with E-state index in [1.807, 2.05) is 0 Å². The summed E-state index contributed by atoms with van der Waals surface area (Å²) in [5.74, 6) is 0. The van der Waals surface area contributed by atoms with Crippen LogP contribution >= 0.6 is 0 Å². The quantitative estimate of drug-likeness (QED) is 0.553. The maximum Gasteiger partial charge on any atom is 0.181 e. The zero-order valence-electron chi connectivity index (χ0n) is 7.68. The molecule has 0 aromatic rings. The Morgan fingerprint density at radius 2 is 2.15 bits per heavy atom. The molecule has 13 heavy (non-hydrogen) atoms. The molecular weight excluding hydrogens is 176 g/mol. The highest BCUT2D eigenvalue weighted by Crippen LogP contribution is 2.18. The van der Waals surface area contributed by atoms with E-state index in [1.54, 1.807) is 7.11 Å². The van der Waals surface area contributed by atoms with Crippen LogP contribution in [0.1, 0.15) is 6.42 Å². The molecule has 1 aliphatic heterocycles. The Balaban J connectivity index is 2.03. The molecule has 1 heterocycles. The number of rotatable bonds is 5.